The first-order valence-corrected chi connectivity index (χ1v) is 7.78. The lowest BCUT2D eigenvalue weighted by Gasteiger charge is -2.26. The van der Waals surface area contributed by atoms with Crippen LogP contribution in [0, 0.1) is 0 Å². The van der Waals surface area contributed by atoms with Crippen molar-refractivity contribution >= 4 is 27.8 Å². The average Bonchev–Trinajstić information content (AvgIpc) is 2.70. The van der Waals surface area contributed by atoms with Crippen molar-refractivity contribution in [2.24, 2.45) is 0 Å². The van der Waals surface area contributed by atoms with Crippen molar-refractivity contribution in [2.75, 3.05) is 13.2 Å². The Bertz CT molecular complexity index is 520. The largest absolute Gasteiger partial charge is 0.484 e. The Morgan fingerprint density at radius 3 is 2.86 bits per heavy atom. The number of ether oxygens (including phenoxy) is 1. The maximum absolute atomic E-state index is 12.2. The van der Waals surface area contributed by atoms with E-state index in [4.69, 9.17) is 4.74 Å². The van der Waals surface area contributed by atoms with Gasteiger partial charge in [-0.3, -0.25) is 4.79 Å². The fourth-order valence-corrected chi connectivity index (χ4v) is 2.83. The second-order valence-electron chi connectivity index (χ2n) is 5.04. The average molecular weight is 356 g/mol. The highest BCUT2D eigenvalue weighted by Crippen LogP contribution is 2.20. The maximum atomic E-state index is 12.2. The standard InChI is InChI=1S/C15H18BrNO4/c16-11-5-4-6-12(9-11)21-10-14(18)17-8-3-1-2-7-13(17)15(19)20/h4-6,9,13H,1-3,7-8,10H2,(H,19,20). The summed E-state index contributed by atoms with van der Waals surface area (Å²) in [4.78, 5) is 25.0. The fraction of sp³-hybridized carbons (Fsp3) is 0.467. The molecule has 6 heteroatoms. The third kappa shape index (κ3) is 4.46. The van der Waals surface area contributed by atoms with Crippen molar-refractivity contribution in [1.82, 2.24) is 4.90 Å². The molecule has 1 amide bonds. The molecule has 5 nitrogen and oxygen atoms in total. The summed E-state index contributed by atoms with van der Waals surface area (Å²) in [6.45, 7) is 0.345. The molecule has 0 spiro atoms. The quantitative estimate of drug-likeness (QED) is 0.901. The second kappa shape index (κ2) is 7.45. The SMILES string of the molecule is O=C(O)C1CCCCCN1C(=O)COc1cccc(Br)c1. The predicted molar refractivity (Wildman–Crippen MR) is 81.2 cm³/mol. The topological polar surface area (TPSA) is 66.8 Å². The molecular formula is C15H18BrNO4. The maximum Gasteiger partial charge on any atom is 0.326 e. The van der Waals surface area contributed by atoms with Gasteiger partial charge in [-0.25, -0.2) is 4.79 Å². The third-order valence-electron chi connectivity index (χ3n) is 3.52. The lowest BCUT2D eigenvalue weighted by molar-refractivity contribution is -0.151. The van der Waals surface area contributed by atoms with Crippen LogP contribution in [0.4, 0.5) is 0 Å². The summed E-state index contributed by atoms with van der Waals surface area (Å²) in [6, 6.07) is 6.48. The summed E-state index contributed by atoms with van der Waals surface area (Å²) >= 11 is 3.33. The summed E-state index contributed by atoms with van der Waals surface area (Å²) in [5.41, 5.74) is 0. The number of nitrogens with zero attached hydrogens (tertiary/aromatic N) is 1. The molecule has 1 heterocycles. The van der Waals surface area contributed by atoms with Crippen LogP contribution in [0.3, 0.4) is 0 Å². The Labute approximate surface area is 132 Å². The zero-order valence-corrected chi connectivity index (χ0v) is 13.2. The number of hydrogen-bond donors (Lipinski definition) is 1. The first kappa shape index (κ1) is 15.8. The summed E-state index contributed by atoms with van der Waals surface area (Å²) < 4.78 is 6.32. The molecule has 1 unspecified atom stereocenters. The van der Waals surface area contributed by atoms with E-state index in [-0.39, 0.29) is 12.5 Å². The Balaban J connectivity index is 1.98. The number of aliphatic carboxylic acids is 1. The molecule has 114 valence electrons. The lowest BCUT2D eigenvalue weighted by atomic mass is 10.1. The number of likely N-dealkylation sites (tertiary alicyclic amines) is 1. The van der Waals surface area contributed by atoms with Gasteiger partial charge in [-0.05, 0) is 31.0 Å². The van der Waals surface area contributed by atoms with Gasteiger partial charge in [-0.2, -0.15) is 0 Å². The number of halogens is 1. The molecule has 0 saturated carbocycles. The first-order valence-electron chi connectivity index (χ1n) is 6.98. The van der Waals surface area contributed by atoms with Crippen LogP contribution >= 0.6 is 15.9 Å². The molecule has 0 aromatic heterocycles. The Morgan fingerprint density at radius 1 is 1.33 bits per heavy atom. The van der Waals surface area contributed by atoms with E-state index in [2.05, 4.69) is 15.9 Å². The van der Waals surface area contributed by atoms with Crippen molar-refractivity contribution in [1.29, 1.82) is 0 Å². The molecule has 0 radical (unpaired) electrons. The van der Waals surface area contributed by atoms with E-state index in [1.807, 2.05) is 12.1 Å². The zero-order chi connectivity index (χ0) is 15.2. The van der Waals surface area contributed by atoms with Crippen LogP contribution in [0.15, 0.2) is 28.7 Å². The van der Waals surface area contributed by atoms with Crippen LogP contribution in [0.1, 0.15) is 25.7 Å². The first-order chi connectivity index (χ1) is 10.1. The summed E-state index contributed by atoms with van der Waals surface area (Å²) in [7, 11) is 0. The molecule has 1 atom stereocenters. The van der Waals surface area contributed by atoms with E-state index in [1.165, 1.54) is 4.90 Å². The summed E-state index contributed by atoms with van der Waals surface area (Å²) in [6.07, 6.45) is 3.15. The number of hydrogen-bond acceptors (Lipinski definition) is 3. The highest BCUT2D eigenvalue weighted by Gasteiger charge is 2.30. The number of carboxylic acid groups (broad SMARTS) is 1. The van der Waals surface area contributed by atoms with Crippen molar-refractivity contribution in [3.8, 4) is 5.75 Å². The molecule has 1 aromatic carbocycles. The lowest BCUT2D eigenvalue weighted by Crippen LogP contribution is -2.46. The van der Waals surface area contributed by atoms with Crippen LogP contribution in [0.25, 0.3) is 0 Å². The van der Waals surface area contributed by atoms with Gasteiger partial charge in [0.05, 0.1) is 0 Å². The van der Waals surface area contributed by atoms with Gasteiger partial charge in [0.2, 0.25) is 0 Å². The number of carboxylic acids is 1. The van der Waals surface area contributed by atoms with E-state index < -0.39 is 12.0 Å². The molecule has 1 aliphatic heterocycles. The molecular weight excluding hydrogens is 338 g/mol. The van der Waals surface area contributed by atoms with E-state index in [0.29, 0.717) is 18.7 Å². The molecule has 21 heavy (non-hydrogen) atoms. The number of benzene rings is 1. The minimum Gasteiger partial charge on any atom is -0.484 e. The molecule has 1 N–H and O–H groups in total. The minimum absolute atomic E-state index is 0.139. The highest BCUT2D eigenvalue weighted by atomic mass is 79.9. The van der Waals surface area contributed by atoms with Crippen LogP contribution in [0.2, 0.25) is 0 Å². The van der Waals surface area contributed by atoms with E-state index in [1.54, 1.807) is 12.1 Å². The number of amides is 1. The Hall–Kier alpha value is -1.56. The van der Waals surface area contributed by atoms with Crippen LogP contribution in [0.5, 0.6) is 5.75 Å². The number of carbonyl (C=O) groups excluding carboxylic acids is 1. The molecule has 2 rings (SSSR count). The molecule has 0 aliphatic carbocycles. The molecule has 1 aromatic rings. The van der Waals surface area contributed by atoms with Crippen molar-refractivity contribution in [2.45, 2.75) is 31.7 Å². The van der Waals surface area contributed by atoms with Crippen molar-refractivity contribution in [3.63, 3.8) is 0 Å². The summed E-state index contributed by atoms with van der Waals surface area (Å²) in [5.74, 6) is -0.628. The van der Waals surface area contributed by atoms with E-state index in [9.17, 15) is 14.7 Å². The highest BCUT2D eigenvalue weighted by molar-refractivity contribution is 9.10. The van der Waals surface area contributed by atoms with Gasteiger partial charge in [0.1, 0.15) is 11.8 Å². The monoisotopic (exact) mass is 355 g/mol. The Kier molecular flexibility index (Phi) is 5.61. The van der Waals surface area contributed by atoms with E-state index >= 15 is 0 Å². The number of carbonyl (C=O) groups is 2. The van der Waals surface area contributed by atoms with Gasteiger partial charge in [0, 0.05) is 11.0 Å². The van der Waals surface area contributed by atoms with Gasteiger partial charge in [0.15, 0.2) is 6.61 Å². The normalized spacial score (nSPS) is 18.9. The fourth-order valence-electron chi connectivity index (χ4n) is 2.45. The minimum atomic E-state index is -0.937. The van der Waals surface area contributed by atoms with Crippen molar-refractivity contribution < 1.29 is 19.4 Å². The van der Waals surface area contributed by atoms with Crippen LogP contribution in [-0.2, 0) is 9.59 Å². The second-order valence-corrected chi connectivity index (χ2v) is 5.95. The molecule has 0 bridgehead atoms. The van der Waals surface area contributed by atoms with Gasteiger partial charge < -0.3 is 14.7 Å². The molecule has 1 fully saturated rings. The van der Waals surface area contributed by atoms with Crippen molar-refractivity contribution in [3.05, 3.63) is 28.7 Å². The van der Waals surface area contributed by atoms with Crippen LogP contribution < -0.4 is 4.74 Å². The molecule has 1 aliphatic rings. The van der Waals surface area contributed by atoms with E-state index in [0.717, 1.165) is 23.7 Å². The van der Waals surface area contributed by atoms with Gasteiger partial charge in [-0.15, -0.1) is 0 Å². The predicted octanol–water partition coefficient (Wildman–Crippen LogP) is 2.68. The zero-order valence-electron chi connectivity index (χ0n) is 11.6. The van der Waals surface area contributed by atoms with Gasteiger partial charge in [0.25, 0.3) is 5.91 Å². The molecule has 1 saturated heterocycles. The Morgan fingerprint density at radius 2 is 2.14 bits per heavy atom. The van der Waals surface area contributed by atoms with Crippen LogP contribution in [-0.4, -0.2) is 41.1 Å². The third-order valence-corrected chi connectivity index (χ3v) is 4.01. The van der Waals surface area contributed by atoms with Gasteiger partial charge in [-0.1, -0.05) is 34.8 Å². The number of rotatable bonds is 4. The smallest absolute Gasteiger partial charge is 0.326 e. The summed E-state index contributed by atoms with van der Waals surface area (Å²) in [5, 5.41) is 9.26. The van der Waals surface area contributed by atoms with Gasteiger partial charge >= 0.3 is 5.97 Å².